The van der Waals surface area contributed by atoms with E-state index in [1.807, 2.05) is 18.2 Å². The Morgan fingerprint density at radius 3 is 3.05 bits per heavy atom. The summed E-state index contributed by atoms with van der Waals surface area (Å²) in [5, 5.41) is 14.7. The number of nitrogens with one attached hydrogen (secondary N) is 1. The number of benzene rings is 2. The summed E-state index contributed by atoms with van der Waals surface area (Å²) in [6, 6.07) is 7.09. The number of guanidine groups is 1. The molecule has 20 heavy (non-hydrogen) atoms. The zero-order chi connectivity index (χ0) is 14.3. The fourth-order valence-electron chi connectivity index (χ4n) is 2.29. The van der Waals surface area contributed by atoms with Gasteiger partial charge in [0.05, 0.1) is 12.3 Å². The lowest BCUT2D eigenvalue weighted by atomic mass is 10.0. The van der Waals surface area contributed by atoms with Crippen molar-refractivity contribution < 1.29 is 14.6 Å². The normalized spacial score (nSPS) is 12.8. The zero-order valence-corrected chi connectivity index (χ0v) is 10.8. The minimum Gasteiger partial charge on any atom is -0.505 e. The number of phenols is 1. The number of aromatic hydroxyl groups is 1. The highest BCUT2D eigenvalue weighted by molar-refractivity contribution is 6.16. The van der Waals surface area contributed by atoms with Gasteiger partial charge in [0.15, 0.2) is 11.7 Å². The average molecular weight is 271 g/mol. The van der Waals surface area contributed by atoms with Gasteiger partial charge in [-0.05, 0) is 24.4 Å². The molecule has 0 aromatic heterocycles. The number of nitrogens with zero attached hydrogens (tertiary/aromatic N) is 1. The third-order valence-electron chi connectivity index (χ3n) is 3.10. The second kappa shape index (κ2) is 4.41. The molecule has 6 nitrogen and oxygen atoms in total. The predicted molar refractivity (Wildman–Crippen MR) is 76.5 cm³/mol. The van der Waals surface area contributed by atoms with Crippen molar-refractivity contribution in [1.82, 2.24) is 0 Å². The molecule has 2 aromatic rings. The molecular formula is C14H13N3O3. The van der Waals surface area contributed by atoms with E-state index in [9.17, 15) is 9.90 Å². The highest BCUT2D eigenvalue weighted by Gasteiger charge is 2.23. The molecule has 0 bridgehead atoms. The van der Waals surface area contributed by atoms with Crippen LogP contribution in [0, 0.1) is 0 Å². The van der Waals surface area contributed by atoms with Gasteiger partial charge in [-0.15, -0.1) is 0 Å². The van der Waals surface area contributed by atoms with Crippen molar-refractivity contribution in [3.63, 3.8) is 0 Å². The molecule has 0 saturated heterocycles. The third kappa shape index (κ3) is 1.73. The van der Waals surface area contributed by atoms with Gasteiger partial charge in [0.1, 0.15) is 11.3 Å². The molecule has 0 radical (unpaired) electrons. The maximum absolute atomic E-state index is 11.9. The van der Waals surface area contributed by atoms with Crippen LogP contribution in [-0.4, -0.2) is 23.6 Å². The first-order chi connectivity index (χ1) is 9.61. The summed E-state index contributed by atoms with van der Waals surface area (Å²) in [4.78, 5) is 16.0. The minimum atomic E-state index is -0.583. The van der Waals surface area contributed by atoms with Gasteiger partial charge in [-0.2, -0.15) is 0 Å². The smallest absolute Gasteiger partial charge is 0.342 e. The maximum Gasteiger partial charge on any atom is 0.342 e. The molecule has 0 amide bonds. The molecule has 0 fully saturated rings. The van der Waals surface area contributed by atoms with Crippen LogP contribution in [0.15, 0.2) is 29.3 Å². The number of carbonyl (C=O) groups excluding carboxylic acids is 1. The van der Waals surface area contributed by atoms with Gasteiger partial charge in [0.25, 0.3) is 0 Å². The second-order valence-electron chi connectivity index (χ2n) is 4.37. The van der Waals surface area contributed by atoms with Gasteiger partial charge < -0.3 is 20.9 Å². The topological polar surface area (TPSA) is 96.9 Å². The van der Waals surface area contributed by atoms with Crippen LogP contribution in [0.1, 0.15) is 17.3 Å². The van der Waals surface area contributed by atoms with Crippen LogP contribution in [0.4, 0.5) is 11.4 Å². The number of ether oxygens (including phenoxy) is 1. The Kier molecular flexibility index (Phi) is 2.71. The van der Waals surface area contributed by atoms with E-state index in [4.69, 9.17) is 10.5 Å². The summed E-state index contributed by atoms with van der Waals surface area (Å²) in [5.74, 6) is -0.630. The number of carbonyl (C=O) groups is 1. The van der Waals surface area contributed by atoms with E-state index in [2.05, 4.69) is 10.3 Å². The SMILES string of the molecule is CCOC(=O)c1cc2cccc3c2c(c1O)N=C(N)N3. The lowest BCUT2D eigenvalue weighted by Gasteiger charge is -2.18. The first kappa shape index (κ1) is 12.3. The molecule has 0 saturated carbocycles. The van der Waals surface area contributed by atoms with Crippen molar-refractivity contribution in [3.05, 3.63) is 29.8 Å². The van der Waals surface area contributed by atoms with Crippen LogP contribution in [0.2, 0.25) is 0 Å². The van der Waals surface area contributed by atoms with Crippen molar-refractivity contribution >= 4 is 34.1 Å². The number of nitrogens with two attached hydrogens (primary N) is 1. The highest BCUT2D eigenvalue weighted by atomic mass is 16.5. The number of esters is 1. The summed E-state index contributed by atoms with van der Waals surface area (Å²) in [6.45, 7) is 1.94. The van der Waals surface area contributed by atoms with E-state index in [1.165, 1.54) is 0 Å². The van der Waals surface area contributed by atoms with Gasteiger partial charge >= 0.3 is 5.97 Å². The van der Waals surface area contributed by atoms with Crippen LogP contribution in [0.3, 0.4) is 0 Å². The van der Waals surface area contributed by atoms with Gasteiger partial charge in [0.2, 0.25) is 0 Å². The fourth-order valence-corrected chi connectivity index (χ4v) is 2.29. The number of rotatable bonds is 2. The number of anilines is 1. The van der Waals surface area contributed by atoms with E-state index < -0.39 is 5.97 Å². The van der Waals surface area contributed by atoms with Crippen molar-refractivity contribution in [2.45, 2.75) is 6.92 Å². The maximum atomic E-state index is 11.9. The molecule has 2 aromatic carbocycles. The molecule has 6 heteroatoms. The Hall–Kier alpha value is -2.76. The van der Waals surface area contributed by atoms with Crippen molar-refractivity contribution in [2.75, 3.05) is 11.9 Å². The van der Waals surface area contributed by atoms with Crippen LogP contribution in [0.5, 0.6) is 5.75 Å². The van der Waals surface area contributed by atoms with E-state index >= 15 is 0 Å². The monoisotopic (exact) mass is 271 g/mol. The summed E-state index contributed by atoms with van der Waals surface area (Å²) in [5.41, 5.74) is 6.81. The second-order valence-corrected chi connectivity index (χ2v) is 4.37. The van der Waals surface area contributed by atoms with E-state index in [0.29, 0.717) is 0 Å². The van der Waals surface area contributed by atoms with E-state index in [0.717, 1.165) is 16.5 Å². The predicted octanol–water partition coefficient (Wildman–Crippen LogP) is 2.09. The summed E-state index contributed by atoms with van der Waals surface area (Å²) in [6.07, 6.45) is 0. The number of phenolic OH excluding ortho intramolecular Hbond substituents is 1. The Balaban J connectivity index is 2.33. The molecule has 1 heterocycles. The standard InChI is InChI=1S/C14H13N3O3/c1-2-20-13(19)8-6-7-4-3-5-9-10(7)11(12(8)18)17-14(15)16-9/h3-6,18H,2H2,1H3,(H3,15,16,17). The molecule has 102 valence electrons. The first-order valence-corrected chi connectivity index (χ1v) is 6.18. The minimum absolute atomic E-state index is 0.0879. The summed E-state index contributed by atoms with van der Waals surface area (Å²) >= 11 is 0. The Labute approximate surface area is 114 Å². The summed E-state index contributed by atoms with van der Waals surface area (Å²) < 4.78 is 4.94. The van der Waals surface area contributed by atoms with Crippen molar-refractivity contribution in [2.24, 2.45) is 10.7 Å². The largest absolute Gasteiger partial charge is 0.505 e. The van der Waals surface area contributed by atoms with E-state index in [-0.39, 0.29) is 29.6 Å². The average Bonchev–Trinajstić information content (AvgIpc) is 2.42. The molecule has 0 aliphatic carbocycles. The van der Waals surface area contributed by atoms with Gasteiger partial charge in [-0.3, -0.25) is 0 Å². The Morgan fingerprint density at radius 1 is 1.50 bits per heavy atom. The van der Waals surface area contributed by atoms with Crippen LogP contribution < -0.4 is 11.1 Å². The van der Waals surface area contributed by atoms with Crippen LogP contribution in [-0.2, 0) is 4.74 Å². The quantitative estimate of drug-likeness (QED) is 0.727. The number of hydrogen-bond acceptors (Lipinski definition) is 6. The molecule has 4 N–H and O–H groups in total. The van der Waals surface area contributed by atoms with Gasteiger partial charge in [0, 0.05) is 5.39 Å². The molecule has 3 rings (SSSR count). The number of hydrogen-bond donors (Lipinski definition) is 3. The van der Waals surface area contributed by atoms with E-state index in [1.54, 1.807) is 13.0 Å². The first-order valence-electron chi connectivity index (χ1n) is 6.18. The van der Waals surface area contributed by atoms with Crippen molar-refractivity contribution in [3.8, 4) is 5.75 Å². The molecule has 0 unspecified atom stereocenters. The molecule has 1 aliphatic rings. The van der Waals surface area contributed by atoms with Crippen LogP contribution in [0.25, 0.3) is 10.8 Å². The lowest BCUT2D eigenvalue weighted by molar-refractivity contribution is 0.0523. The third-order valence-corrected chi connectivity index (χ3v) is 3.10. The Bertz CT molecular complexity index is 753. The lowest BCUT2D eigenvalue weighted by Crippen LogP contribution is -2.24. The fraction of sp³-hybridized carbons (Fsp3) is 0.143. The molecule has 0 spiro atoms. The Morgan fingerprint density at radius 2 is 2.30 bits per heavy atom. The summed E-state index contributed by atoms with van der Waals surface area (Å²) in [7, 11) is 0. The van der Waals surface area contributed by atoms with Gasteiger partial charge in [-0.25, -0.2) is 9.79 Å². The van der Waals surface area contributed by atoms with Crippen LogP contribution >= 0.6 is 0 Å². The molecular weight excluding hydrogens is 258 g/mol. The van der Waals surface area contributed by atoms with Gasteiger partial charge in [-0.1, -0.05) is 12.1 Å². The van der Waals surface area contributed by atoms with Crippen molar-refractivity contribution in [1.29, 1.82) is 0 Å². The number of aliphatic imine (C=N–C) groups is 1. The molecule has 1 aliphatic heterocycles. The highest BCUT2D eigenvalue weighted by Crippen LogP contribution is 2.43. The molecule has 0 atom stereocenters. The zero-order valence-electron chi connectivity index (χ0n) is 10.8.